The fourth-order valence-electron chi connectivity index (χ4n) is 2.84. The number of fused-ring (bicyclic) bond motifs is 1. The van der Waals surface area contributed by atoms with Crippen molar-refractivity contribution in [3.05, 3.63) is 56.7 Å². The molecule has 0 saturated heterocycles. The molecule has 2 aromatic heterocycles. The number of nitrogens with one attached hydrogen (secondary N) is 1. The van der Waals surface area contributed by atoms with Crippen molar-refractivity contribution < 1.29 is 14.7 Å². The van der Waals surface area contributed by atoms with E-state index in [1.54, 1.807) is 30.3 Å². The molecule has 0 saturated carbocycles. The number of rotatable bonds is 7. The van der Waals surface area contributed by atoms with Crippen LogP contribution in [0.3, 0.4) is 0 Å². The first-order chi connectivity index (χ1) is 13.9. The standard InChI is InChI=1S/C19H19N5O5/c20-18-21-15-16(22-18)24(13(25)8-4-5-9-14(26)27)19(29)23(17(15)28)11-10-12-6-2-1-3-7-12/h1-3,6-7,10-11H,4-5,8-9H2,(H,26,27)(H3,20,21,22). The van der Waals surface area contributed by atoms with Crippen LogP contribution < -0.4 is 17.0 Å². The number of carbonyl (C=O) groups is 2. The second-order valence-electron chi connectivity index (χ2n) is 6.33. The van der Waals surface area contributed by atoms with Gasteiger partial charge in [0.15, 0.2) is 17.1 Å². The van der Waals surface area contributed by atoms with Gasteiger partial charge in [0.25, 0.3) is 5.56 Å². The van der Waals surface area contributed by atoms with E-state index in [9.17, 15) is 19.2 Å². The van der Waals surface area contributed by atoms with Gasteiger partial charge in [0.1, 0.15) is 0 Å². The lowest BCUT2D eigenvalue weighted by Crippen LogP contribution is -2.40. The fourth-order valence-corrected chi connectivity index (χ4v) is 2.84. The average molecular weight is 397 g/mol. The highest BCUT2D eigenvalue weighted by molar-refractivity contribution is 5.88. The van der Waals surface area contributed by atoms with Crippen LogP contribution in [0.1, 0.15) is 36.0 Å². The smallest absolute Gasteiger partial charge is 0.343 e. The lowest BCUT2D eigenvalue weighted by molar-refractivity contribution is -0.137. The fraction of sp³-hybridized carbons (Fsp3) is 0.211. The summed E-state index contributed by atoms with van der Waals surface area (Å²) in [6.07, 6.45) is 3.26. The molecule has 0 spiro atoms. The highest BCUT2D eigenvalue weighted by atomic mass is 16.4. The molecule has 10 nitrogen and oxygen atoms in total. The third-order valence-electron chi connectivity index (χ3n) is 4.24. The summed E-state index contributed by atoms with van der Waals surface area (Å²) in [6.45, 7) is 0. The number of nitrogens with two attached hydrogens (primary N) is 1. The Hall–Kier alpha value is -3.95. The molecule has 1 aromatic carbocycles. The molecule has 0 aliphatic carbocycles. The summed E-state index contributed by atoms with van der Waals surface area (Å²) in [7, 11) is 0. The molecule has 0 aliphatic heterocycles. The summed E-state index contributed by atoms with van der Waals surface area (Å²) in [5.74, 6) is -1.66. The van der Waals surface area contributed by atoms with E-state index >= 15 is 0 Å². The van der Waals surface area contributed by atoms with Gasteiger partial charge in [-0.1, -0.05) is 30.3 Å². The molecule has 0 fully saturated rings. The summed E-state index contributed by atoms with van der Waals surface area (Å²) in [6, 6.07) is 9.03. The minimum atomic E-state index is -0.961. The summed E-state index contributed by atoms with van der Waals surface area (Å²) < 4.78 is 1.60. The molecule has 29 heavy (non-hydrogen) atoms. The van der Waals surface area contributed by atoms with E-state index < -0.39 is 23.1 Å². The topological polar surface area (TPSA) is 153 Å². The van der Waals surface area contributed by atoms with Crippen LogP contribution in [0.5, 0.6) is 0 Å². The summed E-state index contributed by atoms with van der Waals surface area (Å²) in [5, 5.41) is 8.69. The Morgan fingerprint density at radius 1 is 1.14 bits per heavy atom. The Morgan fingerprint density at radius 3 is 2.52 bits per heavy atom. The van der Waals surface area contributed by atoms with E-state index in [1.165, 1.54) is 6.20 Å². The first-order valence-electron chi connectivity index (χ1n) is 8.89. The molecule has 0 bridgehead atoms. The molecular formula is C19H19N5O5. The number of unbranched alkanes of at least 4 members (excludes halogenated alkanes) is 1. The van der Waals surface area contributed by atoms with Gasteiger partial charge in [-0.15, -0.1) is 0 Å². The van der Waals surface area contributed by atoms with Crippen LogP contribution in [-0.4, -0.2) is 36.1 Å². The SMILES string of the molecule is Nc1nc2c([nH]1)c(=O)n(C=Cc1ccccc1)c(=O)n2C(=O)CCCCC(=O)O. The van der Waals surface area contributed by atoms with Crippen molar-refractivity contribution in [2.75, 3.05) is 5.73 Å². The number of hydrogen-bond acceptors (Lipinski definition) is 6. The lowest BCUT2D eigenvalue weighted by atomic mass is 10.2. The Bertz CT molecular complexity index is 1200. The van der Waals surface area contributed by atoms with Crippen LogP contribution in [-0.2, 0) is 4.79 Å². The van der Waals surface area contributed by atoms with Crippen LogP contribution in [0.4, 0.5) is 5.95 Å². The van der Waals surface area contributed by atoms with Gasteiger partial charge >= 0.3 is 11.7 Å². The number of nitrogens with zero attached hydrogens (tertiary/aromatic N) is 3. The minimum absolute atomic E-state index is 0.0707. The van der Waals surface area contributed by atoms with Crippen LogP contribution in [0.2, 0.25) is 0 Å². The average Bonchev–Trinajstić information content (AvgIpc) is 3.07. The number of nitrogen functional groups attached to an aromatic ring is 1. The Balaban J connectivity index is 2.03. The third-order valence-corrected chi connectivity index (χ3v) is 4.24. The predicted octanol–water partition coefficient (Wildman–Crippen LogP) is 1.38. The summed E-state index contributed by atoms with van der Waals surface area (Å²) in [5.41, 5.74) is 4.61. The minimum Gasteiger partial charge on any atom is -0.481 e. The molecule has 0 atom stereocenters. The maximum atomic E-state index is 12.9. The molecule has 0 aliphatic rings. The molecule has 0 unspecified atom stereocenters. The number of hydrogen-bond donors (Lipinski definition) is 3. The van der Waals surface area contributed by atoms with E-state index in [4.69, 9.17) is 10.8 Å². The Kier molecular flexibility index (Phi) is 5.72. The number of carboxylic acid groups (broad SMARTS) is 1. The first-order valence-corrected chi connectivity index (χ1v) is 8.89. The molecule has 0 amide bonds. The zero-order valence-corrected chi connectivity index (χ0v) is 15.4. The van der Waals surface area contributed by atoms with Crippen molar-refractivity contribution in [3.8, 4) is 0 Å². The summed E-state index contributed by atoms with van der Waals surface area (Å²) >= 11 is 0. The van der Waals surface area contributed by atoms with Crippen molar-refractivity contribution in [3.63, 3.8) is 0 Å². The van der Waals surface area contributed by atoms with Gasteiger partial charge in [0, 0.05) is 19.0 Å². The Morgan fingerprint density at radius 2 is 1.83 bits per heavy atom. The van der Waals surface area contributed by atoms with E-state index in [0.29, 0.717) is 0 Å². The van der Waals surface area contributed by atoms with Crippen LogP contribution in [0.25, 0.3) is 23.4 Å². The maximum absolute atomic E-state index is 12.9. The van der Waals surface area contributed by atoms with E-state index in [0.717, 1.165) is 14.7 Å². The number of benzene rings is 1. The number of aromatic amines is 1. The number of carboxylic acids is 1. The van der Waals surface area contributed by atoms with Crippen molar-refractivity contribution in [2.24, 2.45) is 0 Å². The third kappa shape index (κ3) is 4.32. The Labute approximate surface area is 163 Å². The van der Waals surface area contributed by atoms with Gasteiger partial charge in [-0.2, -0.15) is 4.98 Å². The molecule has 2 heterocycles. The molecular weight excluding hydrogens is 378 g/mol. The van der Waals surface area contributed by atoms with E-state index in [-0.39, 0.29) is 42.8 Å². The number of anilines is 1. The second-order valence-corrected chi connectivity index (χ2v) is 6.33. The van der Waals surface area contributed by atoms with Gasteiger partial charge in [0.2, 0.25) is 5.91 Å². The van der Waals surface area contributed by atoms with Gasteiger partial charge < -0.3 is 15.8 Å². The van der Waals surface area contributed by atoms with Gasteiger partial charge in [-0.25, -0.2) is 13.9 Å². The monoisotopic (exact) mass is 397 g/mol. The van der Waals surface area contributed by atoms with Gasteiger partial charge in [-0.3, -0.25) is 14.4 Å². The lowest BCUT2D eigenvalue weighted by Gasteiger charge is -2.07. The van der Waals surface area contributed by atoms with Gasteiger partial charge in [0.05, 0.1) is 0 Å². The van der Waals surface area contributed by atoms with Crippen molar-refractivity contribution in [1.29, 1.82) is 0 Å². The zero-order chi connectivity index (χ0) is 21.0. The molecule has 3 rings (SSSR count). The van der Waals surface area contributed by atoms with Crippen LogP contribution in [0, 0.1) is 0 Å². The number of aliphatic carboxylic acids is 1. The zero-order valence-electron chi connectivity index (χ0n) is 15.4. The molecule has 3 aromatic rings. The van der Waals surface area contributed by atoms with Gasteiger partial charge in [-0.05, 0) is 24.5 Å². The molecule has 150 valence electrons. The van der Waals surface area contributed by atoms with Crippen molar-refractivity contribution >= 4 is 41.3 Å². The number of aromatic nitrogens is 4. The molecule has 0 radical (unpaired) electrons. The maximum Gasteiger partial charge on any atom is 0.343 e. The number of H-pyrrole nitrogens is 1. The highest BCUT2D eigenvalue weighted by Crippen LogP contribution is 2.10. The summed E-state index contributed by atoms with van der Waals surface area (Å²) in [4.78, 5) is 55.3. The quantitative estimate of drug-likeness (QED) is 0.509. The largest absolute Gasteiger partial charge is 0.481 e. The predicted molar refractivity (Wildman–Crippen MR) is 107 cm³/mol. The normalized spacial score (nSPS) is 11.3. The first kappa shape index (κ1) is 19.8. The number of carbonyl (C=O) groups excluding carboxylic acids is 1. The van der Waals surface area contributed by atoms with Crippen molar-refractivity contribution in [1.82, 2.24) is 19.1 Å². The van der Waals surface area contributed by atoms with Crippen LogP contribution in [0.15, 0.2) is 39.9 Å². The second kappa shape index (κ2) is 8.38. The molecule has 4 N–H and O–H groups in total. The molecule has 10 heteroatoms. The van der Waals surface area contributed by atoms with E-state index in [1.807, 2.05) is 6.07 Å². The highest BCUT2D eigenvalue weighted by Gasteiger charge is 2.20. The van der Waals surface area contributed by atoms with E-state index in [2.05, 4.69) is 9.97 Å². The van der Waals surface area contributed by atoms with Crippen LogP contribution >= 0.6 is 0 Å². The van der Waals surface area contributed by atoms with Crippen molar-refractivity contribution in [2.45, 2.75) is 25.7 Å². The number of imidazole rings is 1.